The molecule has 1 unspecified atom stereocenters. The number of pyridine rings is 1. The van der Waals surface area contributed by atoms with Gasteiger partial charge in [-0.25, -0.2) is 9.97 Å². The highest BCUT2D eigenvalue weighted by atomic mass is 15.1. The summed E-state index contributed by atoms with van der Waals surface area (Å²) in [7, 11) is 2.07. The Hall–Kier alpha value is -1.85. The zero-order chi connectivity index (χ0) is 13.5. The first-order valence-corrected chi connectivity index (χ1v) is 6.36. The van der Waals surface area contributed by atoms with Crippen molar-refractivity contribution in [1.29, 1.82) is 0 Å². The lowest BCUT2D eigenvalue weighted by atomic mass is 10.1. The summed E-state index contributed by atoms with van der Waals surface area (Å²) in [6.07, 6.45) is 7.93. The Morgan fingerprint density at radius 3 is 2.53 bits per heavy atom. The maximum atomic E-state index is 5.86. The number of likely N-dealkylation sites (N-methyl/N-ethyl adjacent to an activating group) is 1. The van der Waals surface area contributed by atoms with Crippen LogP contribution in [0.25, 0.3) is 0 Å². The molecule has 0 aliphatic rings. The molecule has 0 saturated carbocycles. The fraction of sp³-hybridized carbons (Fsp3) is 0.357. The van der Waals surface area contributed by atoms with Crippen LogP contribution >= 0.6 is 0 Å². The molecule has 0 radical (unpaired) electrons. The molecule has 2 rings (SSSR count). The molecule has 2 heterocycles. The molecule has 2 aromatic rings. The van der Waals surface area contributed by atoms with Crippen molar-refractivity contribution < 1.29 is 0 Å². The van der Waals surface area contributed by atoms with E-state index in [2.05, 4.69) is 26.9 Å². The van der Waals surface area contributed by atoms with E-state index in [9.17, 15) is 0 Å². The van der Waals surface area contributed by atoms with Gasteiger partial charge in [-0.2, -0.15) is 0 Å². The Balaban J connectivity index is 1.96. The fourth-order valence-corrected chi connectivity index (χ4v) is 2.04. The molecule has 0 aliphatic carbocycles. The smallest absolute Gasteiger partial charge is 0.115 e. The van der Waals surface area contributed by atoms with Gasteiger partial charge in [0.25, 0.3) is 0 Å². The standard InChI is InChI=1S/C14H19N5/c1-19(9-5-12-2-6-16-7-3-12)14(10-15)13-4-8-17-11-18-13/h2-4,6-8,11,14H,5,9-10,15H2,1H3. The van der Waals surface area contributed by atoms with Gasteiger partial charge in [-0.1, -0.05) is 0 Å². The molecule has 100 valence electrons. The van der Waals surface area contributed by atoms with Crippen LogP contribution in [0, 0.1) is 0 Å². The maximum Gasteiger partial charge on any atom is 0.115 e. The van der Waals surface area contributed by atoms with E-state index < -0.39 is 0 Å². The molecule has 0 aliphatic heterocycles. The van der Waals surface area contributed by atoms with E-state index in [1.165, 1.54) is 5.56 Å². The first kappa shape index (κ1) is 13.6. The summed E-state index contributed by atoms with van der Waals surface area (Å²) in [6, 6.07) is 6.12. The summed E-state index contributed by atoms with van der Waals surface area (Å²) in [4.78, 5) is 14.5. The molecule has 0 spiro atoms. The molecular formula is C14H19N5. The molecule has 0 amide bonds. The second kappa shape index (κ2) is 6.92. The highest BCUT2D eigenvalue weighted by Crippen LogP contribution is 2.15. The van der Waals surface area contributed by atoms with Crippen LogP contribution < -0.4 is 5.73 Å². The summed E-state index contributed by atoms with van der Waals surface area (Å²) in [5.74, 6) is 0. The van der Waals surface area contributed by atoms with Crippen LogP contribution in [0.5, 0.6) is 0 Å². The molecule has 19 heavy (non-hydrogen) atoms. The van der Waals surface area contributed by atoms with Gasteiger partial charge in [0.2, 0.25) is 0 Å². The lowest BCUT2D eigenvalue weighted by Gasteiger charge is -2.26. The van der Waals surface area contributed by atoms with Crippen molar-refractivity contribution in [2.45, 2.75) is 12.5 Å². The number of nitrogens with zero attached hydrogens (tertiary/aromatic N) is 4. The minimum atomic E-state index is 0.129. The van der Waals surface area contributed by atoms with Crippen molar-refractivity contribution in [3.05, 3.63) is 54.4 Å². The third kappa shape index (κ3) is 3.81. The highest BCUT2D eigenvalue weighted by Gasteiger charge is 2.16. The van der Waals surface area contributed by atoms with Crippen LogP contribution in [0.15, 0.2) is 43.1 Å². The van der Waals surface area contributed by atoms with E-state index in [-0.39, 0.29) is 6.04 Å². The number of rotatable bonds is 6. The van der Waals surface area contributed by atoms with E-state index in [0.717, 1.165) is 18.7 Å². The molecule has 0 saturated heterocycles. The van der Waals surface area contributed by atoms with Gasteiger partial charge in [-0.3, -0.25) is 9.88 Å². The first-order chi connectivity index (χ1) is 9.31. The normalized spacial score (nSPS) is 12.6. The average molecular weight is 257 g/mol. The second-order valence-corrected chi connectivity index (χ2v) is 4.47. The minimum absolute atomic E-state index is 0.129. The summed E-state index contributed by atoms with van der Waals surface area (Å²) < 4.78 is 0. The van der Waals surface area contributed by atoms with Crippen LogP contribution in [0.3, 0.4) is 0 Å². The molecule has 0 bridgehead atoms. The van der Waals surface area contributed by atoms with Crippen LogP contribution in [-0.2, 0) is 6.42 Å². The van der Waals surface area contributed by atoms with Gasteiger partial charge in [0.05, 0.1) is 11.7 Å². The van der Waals surface area contributed by atoms with Crippen LogP contribution in [0.2, 0.25) is 0 Å². The van der Waals surface area contributed by atoms with E-state index in [4.69, 9.17) is 5.73 Å². The van der Waals surface area contributed by atoms with Gasteiger partial charge in [0, 0.05) is 31.7 Å². The molecule has 1 atom stereocenters. The van der Waals surface area contributed by atoms with E-state index in [1.54, 1.807) is 12.5 Å². The maximum absolute atomic E-state index is 5.86. The number of nitrogens with two attached hydrogens (primary N) is 1. The topological polar surface area (TPSA) is 67.9 Å². The zero-order valence-electron chi connectivity index (χ0n) is 11.1. The Kier molecular flexibility index (Phi) is 4.94. The third-order valence-corrected chi connectivity index (χ3v) is 3.20. The van der Waals surface area contributed by atoms with E-state index >= 15 is 0 Å². The van der Waals surface area contributed by atoms with Gasteiger partial charge in [-0.15, -0.1) is 0 Å². The molecule has 2 aromatic heterocycles. The number of hydrogen-bond acceptors (Lipinski definition) is 5. The second-order valence-electron chi connectivity index (χ2n) is 4.47. The molecule has 0 aromatic carbocycles. The molecule has 0 fully saturated rings. The largest absolute Gasteiger partial charge is 0.329 e. The number of aromatic nitrogens is 3. The van der Waals surface area contributed by atoms with Crippen molar-refractivity contribution >= 4 is 0 Å². The fourth-order valence-electron chi connectivity index (χ4n) is 2.04. The van der Waals surface area contributed by atoms with Gasteiger partial charge in [0.15, 0.2) is 0 Å². The van der Waals surface area contributed by atoms with E-state index in [0.29, 0.717) is 6.54 Å². The molecular weight excluding hydrogens is 238 g/mol. The first-order valence-electron chi connectivity index (χ1n) is 6.36. The van der Waals surface area contributed by atoms with Gasteiger partial charge < -0.3 is 5.73 Å². The summed E-state index contributed by atoms with van der Waals surface area (Å²) in [5.41, 5.74) is 8.11. The van der Waals surface area contributed by atoms with Gasteiger partial charge in [0.1, 0.15) is 6.33 Å². The Bertz CT molecular complexity index is 474. The average Bonchev–Trinajstić information content (AvgIpc) is 2.48. The van der Waals surface area contributed by atoms with Crippen LogP contribution in [-0.4, -0.2) is 40.0 Å². The predicted molar refractivity (Wildman–Crippen MR) is 74.4 cm³/mol. The quantitative estimate of drug-likeness (QED) is 0.837. The van der Waals surface area contributed by atoms with Crippen molar-refractivity contribution in [3.63, 3.8) is 0 Å². The monoisotopic (exact) mass is 257 g/mol. The summed E-state index contributed by atoms with van der Waals surface area (Å²) >= 11 is 0. The Labute approximate surface area is 113 Å². The van der Waals surface area contributed by atoms with E-state index in [1.807, 2.05) is 30.6 Å². The lowest BCUT2D eigenvalue weighted by Crippen LogP contribution is -2.32. The minimum Gasteiger partial charge on any atom is -0.329 e. The van der Waals surface area contributed by atoms with Gasteiger partial charge >= 0.3 is 0 Å². The third-order valence-electron chi connectivity index (χ3n) is 3.20. The van der Waals surface area contributed by atoms with Crippen molar-refractivity contribution in [2.24, 2.45) is 5.73 Å². The molecule has 2 N–H and O–H groups in total. The summed E-state index contributed by atoms with van der Waals surface area (Å²) in [5, 5.41) is 0. The molecule has 5 heteroatoms. The van der Waals surface area contributed by atoms with Crippen molar-refractivity contribution in [2.75, 3.05) is 20.1 Å². The predicted octanol–water partition coefficient (Wildman–Crippen LogP) is 1.05. The zero-order valence-corrected chi connectivity index (χ0v) is 11.1. The Morgan fingerprint density at radius 2 is 1.89 bits per heavy atom. The van der Waals surface area contributed by atoms with Crippen LogP contribution in [0.1, 0.15) is 17.3 Å². The molecule has 5 nitrogen and oxygen atoms in total. The van der Waals surface area contributed by atoms with Crippen LogP contribution in [0.4, 0.5) is 0 Å². The van der Waals surface area contributed by atoms with Crippen molar-refractivity contribution in [1.82, 2.24) is 19.9 Å². The lowest BCUT2D eigenvalue weighted by molar-refractivity contribution is 0.248. The SMILES string of the molecule is CN(CCc1ccncc1)C(CN)c1ccncn1. The van der Waals surface area contributed by atoms with Gasteiger partial charge in [-0.05, 0) is 37.2 Å². The summed E-state index contributed by atoms with van der Waals surface area (Å²) in [6.45, 7) is 1.47. The Morgan fingerprint density at radius 1 is 1.16 bits per heavy atom. The van der Waals surface area contributed by atoms with Crippen molar-refractivity contribution in [3.8, 4) is 0 Å². The highest BCUT2D eigenvalue weighted by molar-refractivity contribution is 5.11. The number of hydrogen-bond donors (Lipinski definition) is 1.